The summed E-state index contributed by atoms with van der Waals surface area (Å²) in [5, 5.41) is 9.53. The highest BCUT2D eigenvalue weighted by atomic mass is 19.1. The van der Waals surface area contributed by atoms with E-state index in [0.717, 1.165) is 49.9 Å². The van der Waals surface area contributed by atoms with Crippen molar-refractivity contribution in [1.29, 1.82) is 0 Å². The molecule has 336 valence electrons. The molecule has 3 fully saturated rings. The van der Waals surface area contributed by atoms with Crippen LogP contribution in [0.4, 0.5) is 26.1 Å². The fourth-order valence-electron chi connectivity index (χ4n) is 9.29. The molecular formula is C47H55F2N11O4. The van der Waals surface area contributed by atoms with Crippen molar-refractivity contribution in [3.8, 4) is 17.1 Å². The van der Waals surface area contributed by atoms with Gasteiger partial charge in [0, 0.05) is 80.4 Å². The predicted octanol–water partition coefficient (Wildman–Crippen LogP) is 7.00. The smallest absolute Gasteiger partial charge is 0.258 e. The Morgan fingerprint density at radius 3 is 2.55 bits per heavy atom. The van der Waals surface area contributed by atoms with Gasteiger partial charge in [-0.2, -0.15) is 5.10 Å². The van der Waals surface area contributed by atoms with Crippen LogP contribution in [0.2, 0.25) is 0 Å². The summed E-state index contributed by atoms with van der Waals surface area (Å²) >= 11 is 0. The number of aromatic amines is 1. The van der Waals surface area contributed by atoms with Crippen molar-refractivity contribution in [2.24, 2.45) is 13.0 Å². The Balaban J connectivity index is 0.890. The van der Waals surface area contributed by atoms with Gasteiger partial charge in [-0.05, 0) is 87.4 Å². The lowest BCUT2D eigenvalue weighted by Gasteiger charge is -2.46. The zero-order valence-corrected chi connectivity index (χ0v) is 36.8. The van der Waals surface area contributed by atoms with Crippen LogP contribution in [0.5, 0.6) is 5.88 Å². The second-order valence-electron chi connectivity index (χ2n) is 17.3. The number of aromatic nitrogens is 5. The number of nitrogens with one attached hydrogen (secondary N) is 3. The SMILES string of the molecule is [C-]#[N+]C[C@H]1CN(C2CCN(c3cc(F)c([C@H]4CCC(=O)NC4=O)c(F)c3)CC2)CCN1c1ccc2nc(NC(=O)c3cc(C)nc(-c4cnn(C)c4OCCC[C@@H](C)CC)c3)[nH]c2c1. The molecule has 15 nitrogen and oxygen atoms in total. The third-order valence-electron chi connectivity index (χ3n) is 13.0. The lowest BCUT2D eigenvalue weighted by atomic mass is 9.89. The molecule has 0 bridgehead atoms. The van der Waals surface area contributed by atoms with Crippen molar-refractivity contribution in [1.82, 2.24) is 34.9 Å². The summed E-state index contributed by atoms with van der Waals surface area (Å²) in [6.07, 6.45) is 6.54. The summed E-state index contributed by atoms with van der Waals surface area (Å²) in [5.74, 6) is -2.49. The molecule has 17 heteroatoms. The number of nitrogens with zero attached hydrogens (tertiary/aromatic N) is 8. The number of hydrogen-bond acceptors (Lipinski definition) is 10. The number of fused-ring (bicyclic) bond motifs is 1. The van der Waals surface area contributed by atoms with Crippen LogP contribution in [0.25, 0.3) is 27.1 Å². The van der Waals surface area contributed by atoms with Gasteiger partial charge in [0.05, 0.1) is 41.0 Å². The molecule has 8 rings (SSSR count). The first-order valence-corrected chi connectivity index (χ1v) is 22.3. The van der Waals surface area contributed by atoms with Crippen molar-refractivity contribution in [3.63, 3.8) is 0 Å². The summed E-state index contributed by atoms with van der Waals surface area (Å²) in [5.41, 5.74) is 4.93. The number of piperidine rings is 2. The van der Waals surface area contributed by atoms with Gasteiger partial charge in [-0.1, -0.05) is 20.3 Å². The number of amides is 3. The Morgan fingerprint density at radius 2 is 1.81 bits per heavy atom. The van der Waals surface area contributed by atoms with Gasteiger partial charge in [-0.15, -0.1) is 0 Å². The first-order valence-electron chi connectivity index (χ1n) is 22.3. The molecule has 3 saturated heterocycles. The topological polar surface area (TPSA) is 158 Å². The van der Waals surface area contributed by atoms with Crippen LogP contribution in [0.15, 0.2) is 48.7 Å². The minimum atomic E-state index is -1.04. The molecule has 3 N–H and O–H groups in total. The van der Waals surface area contributed by atoms with Crippen LogP contribution in [0.1, 0.15) is 86.3 Å². The van der Waals surface area contributed by atoms with Crippen molar-refractivity contribution >= 4 is 46.1 Å². The Hall–Kier alpha value is -6.41. The Bertz CT molecular complexity index is 2560. The largest absolute Gasteiger partial charge is 0.477 e. The average Bonchev–Trinajstić information content (AvgIpc) is 3.86. The number of aryl methyl sites for hydroxylation is 2. The van der Waals surface area contributed by atoms with E-state index in [2.05, 4.69) is 54.2 Å². The van der Waals surface area contributed by atoms with Crippen molar-refractivity contribution < 1.29 is 27.9 Å². The number of benzene rings is 2. The predicted molar refractivity (Wildman–Crippen MR) is 240 cm³/mol. The van der Waals surface area contributed by atoms with E-state index >= 15 is 8.78 Å². The maximum atomic E-state index is 15.3. The molecule has 0 radical (unpaired) electrons. The van der Waals surface area contributed by atoms with Crippen LogP contribution in [-0.2, 0) is 16.6 Å². The monoisotopic (exact) mass is 875 g/mol. The minimum Gasteiger partial charge on any atom is -0.477 e. The minimum absolute atomic E-state index is 0.0392. The quantitative estimate of drug-likeness (QED) is 0.0603. The Kier molecular flexibility index (Phi) is 13.2. The third kappa shape index (κ3) is 9.57. The molecule has 5 aromatic rings. The molecule has 2 aromatic carbocycles. The number of piperazine rings is 1. The van der Waals surface area contributed by atoms with E-state index in [0.29, 0.717) is 90.8 Å². The van der Waals surface area contributed by atoms with Crippen LogP contribution in [0.3, 0.4) is 0 Å². The van der Waals surface area contributed by atoms with Crippen molar-refractivity contribution in [2.45, 2.75) is 83.7 Å². The molecule has 0 spiro atoms. The highest BCUT2D eigenvalue weighted by Gasteiger charge is 2.36. The Labute approximate surface area is 371 Å². The number of carbonyl (C=O) groups is 3. The fourth-order valence-corrected chi connectivity index (χ4v) is 9.29. The number of anilines is 3. The third-order valence-corrected chi connectivity index (χ3v) is 13.0. The molecule has 3 amide bonds. The molecule has 6 heterocycles. The van der Waals surface area contributed by atoms with Crippen molar-refractivity contribution in [2.75, 3.05) is 61.0 Å². The molecule has 64 heavy (non-hydrogen) atoms. The maximum absolute atomic E-state index is 15.3. The van der Waals surface area contributed by atoms with Gasteiger partial charge in [0.1, 0.15) is 17.7 Å². The van der Waals surface area contributed by atoms with Gasteiger partial charge in [-0.25, -0.2) is 25.0 Å². The highest BCUT2D eigenvalue weighted by molar-refractivity contribution is 6.05. The van der Waals surface area contributed by atoms with Crippen LogP contribution in [0, 0.1) is 31.0 Å². The number of pyridine rings is 1. The number of imidazole rings is 1. The molecular weight excluding hydrogens is 821 g/mol. The van der Waals surface area contributed by atoms with Crippen LogP contribution >= 0.6 is 0 Å². The number of H-pyrrole nitrogens is 1. The van der Waals surface area contributed by atoms with Gasteiger partial charge >= 0.3 is 0 Å². The standard InChI is InChI=1S/C47H55F2N11O4/c1-6-28(2)8-7-19-64-46-36(26-51-57(46)5)40-21-30(20-29(3)52-40)44(62)56-47-53-39-11-9-32(24-41(39)54-47)60-18-17-59(27-34(60)25-50-4)31-13-15-58(16-14-31)33-22-37(48)43(38(49)23-33)35-10-12-42(61)55-45(35)63/h9,11,20-24,26,28,31,34-35H,6-8,10,12-19,25,27H2,1-3,5H3,(H,55,61,63)(H2,53,54,56,62)/t28-,34-,35+/m0/s1. The summed E-state index contributed by atoms with van der Waals surface area (Å²) in [6.45, 7) is 18.3. The molecule has 3 aliphatic heterocycles. The number of imide groups is 1. The van der Waals surface area contributed by atoms with Gasteiger partial charge in [0.25, 0.3) is 5.91 Å². The van der Waals surface area contributed by atoms with Crippen molar-refractivity contribution in [3.05, 3.63) is 88.5 Å². The molecule has 0 saturated carbocycles. The van der Waals surface area contributed by atoms with E-state index in [1.165, 1.54) is 12.1 Å². The molecule has 3 aliphatic rings. The summed E-state index contributed by atoms with van der Waals surface area (Å²) in [6, 6.07) is 12.2. The lowest BCUT2D eigenvalue weighted by Crippen LogP contribution is -2.58. The maximum Gasteiger partial charge on any atom is 0.258 e. The zero-order chi connectivity index (χ0) is 45.1. The Morgan fingerprint density at radius 1 is 1.03 bits per heavy atom. The van der Waals surface area contributed by atoms with Gasteiger partial charge in [-0.3, -0.25) is 34.9 Å². The van der Waals surface area contributed by atoms with E-state index in [1.54, 1.807) is 23.0 Å². The number of rotatable bonds is 14. The number of hydrogen-bond donors (Lipinski definition) is 3. The van der Waals surface area contributed by atoms with E-state index < -0.39 is 29.4 Å². The second-order valence-corrected chi connectivity index (χ2v) is 17.3. The summed E-state index contributed by atoms with van der Waals surface area (Å²) < 4.78 is 38.5. The zero-order valence-electron chi connectivity index (χ0n) is 36.8. The molecule has 3 atom stereocenters. The van der Waals surface area contributed by atoms with Gasteiger partial charge in [0.15, 0.2) is 0 Å². The lowest BCUT2D eigenvalue weighted by molar-refractivity contribution is -0.134. The molecule has 0 aliphatic carbocycles. The summed E-state index contributed by atoms with van der Waals surface area (Å²) in [4.78, 5) is 60.7. The first-order chi connectivity index (χ1) is 30.9. The van der Waals surface area contributed by atoms with E-state index in [-0.39, 0.29) is 36.4 Å². The van der Waals surface area contributed by atoms with E-state index in [9.17, 15) is 14.4 Å². The fraction of sp³-hybridized carbons (Fsp3) is 0.468. The van der Waals surface area contributed by atoms with E-state index in [4.69, 9.17) is 16.3 Å². The summed E-state index contributed by atoms with van der Waals surface area (Å²) in [7, 11) is 1.83. The normalized spacial score (nSPS) is 19.1. The number of halogens is 2. The number of carbonyl (C=O) groups excluding carboxylic acids is 3. The van der Waals surface area contributed by atoms with Gasteiger partial charge in [0.2, 0.25) is 30.2 Å². The highest BCUT2D eigenvalue weighted by Crippen LogP contribution is 2.35. The average molecular weight is 876 g/mol. The van der Waals surface area contributed by atoms with Crippen LogP contribution in [-0.4, -0.2) is 105 Å². The first kappa shape index (κ1) is 44.2. The van der Waals surface area contributed by atoms with Gasteiger partial charge < -0.3 is 24.4 Å². The second kappa shape index (κ2) is 19.1. The number of ether oxygens (including phenoxy) is 1. The van der Waals surface area contributed by atoms with E-state index in [1.807, 2.05) is 37.1 Å². The molecule has 3 aromatic heterocycles. The van der Waals surface area contributed by atoms with Crippen LogP contribution < -0.4 is 25.2 Å². The molecule has 0 unspecified atom stereocenters.